The fourth-order valence-corrected chi connectivity index (χ4v) is 1.43. The van der Waals surface area contributed by atoms with Crippen LogP contribution in [0.5, 0.6) is 0 Å². The normalized spacial score (nSPS) is 22.2. The third-order valence-electron chi connectivity index (χ3n) is 1.49. The Morgan fingerprint density at radius 3 is 2.70 bits per heavy atom. The first-order valence-electron chi connectivity index (χ1n) is 3.43. The molecule has 0 amide bonds. The molecule has 0 bridgehead atoms. The van der Waals surface area contributed by atoms with E-state index in [0.29, 0.717) is 12.6 Å². The lowest BCUT2D eigenvalue weighted by molar-refractivity contribution is 0.0928. The van der Waals surface area contributed by atoms with Gasteiger partial charge in [-0.3, -0.25) is 0 Å². The van der Waals surface area contributed by atoms with Crippen molar-refractivity contribution >= 4 is 11.8 Å². The van der Waals surface area contributed by atoms with Gasteiger partial charge in [0.25, 0.3) is 0 Å². The Labute approximate surface area is 64.8 Å². The zero-order valence-electron chi connectivity index (χ0n) is 5.79. The second kappa shape index (κ2) is 4.18. The van der Waals surface area contributed by atoms with Crippen LogP contribution >= 0.6 is 11.8 Å². The van der Waals surface area contributed by atoms with Crippen LogP contribution in [-0.4, -0.2) is 47.0 Å². The summed E-state index contributed by atoms with van der Waals surface area (Å²) in [4.78, 5) is 0. The number of hydrogen-bond acceptors (Lipinski definition) is 4. The van der Waals surface area contributed by atoms with E-state index in [1.54, 1.807) is 0 Å². The van der Waals surface area contributed by atoms with Gasteiger partial charge in [-0.05, 0) is 0 Å². The molecule has 1 fully saturated rings. The lowest BCUT2D eigenvalue weighted by atomic mass is 10.3. The summed E-state index contributed by atoms with van der Waals surface area (Å²) < 4.78 is 0. The van der Waals surface area contributed by atoms with E-state index in [4.69, 9.17) is 10.2 Å². The molecule has 1 rings (SSSR count). The van der Waals surface area contributed by atoms with Crippen molar-refractivity contribution in [1.82, 2.24) is 5.32 Å². The van der Waals surface area contributed by atoms with Gasteiger partial charge in [-0.2, -0.15) is 11.8 Å². The van der Waals surface area contributed by atoms with Crippen LogP contribution in [0.25, 0.3) is 0 Å². The van der Waals surface area contributed by atoms with E-state index in [0.717, 1.165) is 11.5 Å². The molecule has 3 N–H and O–H groups in total. The van der Waals surface area contributed by atoms with Crippen LogP contribution in [0.3, 0.4) is 0 Å². The molecular weight excluding hydrogens is 150 g/mol. The van der Waals surface area contributed by atoms with E-state index in [9.17, 15) is 0 Å². The molecule has 1 atom stereocenters. The minimum absolute atomic E-state index is 0.146. The van der Waals surface area contributed by atoms with Gasteiger partial charge in [-0.25, -0.2) is 0 Å². The smallest absolute Gasteiger partial charge is 0.0895 e. The van der Waals surface area contributed by atoms with Gasteiger partial charge in [0, 0.05) is 24.1 Å². The number of rotatable bonds is 4. The van der Waals surface area contributed by atoms with Gasteiger partial charge < -0.3 is 15.5 Å². The molecule has 60 valence electrons. The molecule has 1 unspecified atom stereocenters. The summed E-state index contributed by atoms with van der Waals surface area (Å²) >= 11 is 1.90. The summed E-state index contributed by atoms with van der Waals surface area (Å²) in [7, 11) is 0. The molecule has 0 radical (unpaired) electrons. The van der Waals surface area contributed by atoms with E-state index >= 15 is 0 Å². The van der Waals surface area contributed by atoms with E-state index in [1.165, 1.54) is 0 Å². The molecule has 3 nitrogen and oxygen atoms in total. The fourth-order valence-electron chi connectivity index (χ4n) is 0.721. The van der Waals surface area contributed by atoms with E-state index < -0.39 is 6.10 Å². The number of nitrogens with one attached hydrogen (secondary N) is 1. The Hall–Kier alpha value is 0.230. The van der Waals surface area contributed by atoms with Crippen molar-refractivity contribution in [2.75, 3.05) is 24.7 Å². The maximum Gasteiger partial charge on any atom is 0.0895 e. The summed E-state index contributed by atoms with van der Waals surface area (Å²) in [6.45, 7) is 0.370. The number of aliphatic hydroxyl groups is 2. The Balaban J connectivity index is 1.93. The van der Waals surface area contributed by atoms with E-state index in [2.05, 4.69) is 5.32 Å². The van der Waals surface area contributed by atoms with Crippen molar-refractivity contribution in [3.05, 3.63) is 0 Å². The van der Waals surface area contributed by atoms with Gasteiger partial charge in [-0.15, -0.1) is 0 Å². The van der Waals surface area contributed by atoms with Crippen molar-refractivity contribution < 1.29 is 10.2 Å². The van der Waals surface area contributed by atoms with Gasteiger partial charge in [0.2, 0.25) is 0 Å². The van der Waals surface area contributed by atoms with Crippen molar-refractivity contribution in [3.8, 4) is 0 Å². The molecule has 4 heteroatoms. The molecule has 0 spiro atoms. The minimum Gasteiger partial charge on any atom is -0.394 e. The maximum atomic E-state index is 8.91. The molecule has 0 aromatic heterocycles. The first kappa shape index (κ1) is 8.33. The Kier molecular flexibility index (Phi) is 3.48. The van der Waals surface area contributed by atoms with Gasteiger partial charge in [-0.1, -0.05) is 0 Å². The first-order valence-corrected chi connectivity index (χ1v) is 4.58. The standard InChI is InChI=1S/C6H13NO2S/c8-2-6(9)1-7-5-3-10-4-5/h5-9H,1-4H2. The van der Waals surface area contributed by atoms with Gasteiger partial charge in [0.05, 0.1) is 12.7 Å². The SMILES string of the molecule is OCC(O)CNC1CSC1. The number of hydrogen-bond donors (Lipinski definition) is 3. The summed E-state index contributed by atoms with van der Waals surface area (Å²) in [5.74, 6) is 2.27. The summed E-state index contributed by atoms with van der Waals surface area (Å²) in [6, 6.07) is 0.561. The minimum atomic E-state index is -0.592. The maximum absolute atomic E-state index is 8.91. The highest BCUT2D eigenvalue weighted by molar-refractivity contribution is 8.00. The number of thioether (sulfide) groups is 1. The molecule has 1 saturated heterocycles. The molecule has 0 aromatic carbocycles. The largest absolute Gasteiger partial charge is 0.394 e. The monoisotopic (exact) mass is 163 g/mol. The predicted octanol–water partition coefficient (Wildman–Crippen LogP) is -0.955. The molecule has 0 aliphatic carbocycles. The van der Waals surface area contributed by atoms with Crippen LogP contribution in [0.1, 0.15) is 0 Å². The van der Waals surface area contributed by atoms with Crippen molar-refractivity contribution in [3.63, 3.8) is 0 Å². The lowest BCUT2D eigenvalue weighted by Gasteiger charge is -2.26. The van der Waals surface area contributed by atoms with Gasteiger partial charge in [0.15, 0.2) is 0 Å². The predicted molar refractivity (Wildman–Crippen MR) is 42.2 cm³/mol. The zero-order chi connectivity index (χ0) is 7.40. The second-order valence-corrected chi connectivity index (χ2v) is 3.55. The van der Waals surface area contributed by atoms with E-state index in [1.807, 2.05) is 11.8 Å². The summed E-state index contributed by atoms with van der Waals surface area (Å²) in [5.41, 5.74) is 0. The molecular formula is C6H13NO2S. The zero-order valence-corrected chi connectivity index (χ0v) is 6.60. The average Bonchev–Trinajstić information content (AvgIpc) is 1.84. The third kappa shape index (κ3) is 2.46. The van der Waals surface area contributed by atoms with E-state index in [-0.39, 0.29) is 6.61 Å². The average molecular weight is 163 g/mol. The molecule has 1 aliphatic heterocycles. The quantitative estimate of drug-likeness (QED) is 0.500. The lowest BCUT2D eigenvalue weighted by Crippen LogP contribution is -2.44. The summed E-state index contributed by atoms with van der Waals surface area (Å²) in [5, 5.41) is 20.5. The van der Waals surface area contributed by atoms with Crippen molar-refractivity contribution in [1.29, 1.82) is 0 Å². The summed E-state index contributed by atoms with van der Waals surface area (Å²) in [6.07, 6.45) is -0.592. The third-order valence-corrected chi connectivity index (χ3v) is 2.77. The Morgan fingerprint density at radius 1 is 1.60 bits per heavy atom. The molecule has 10 heavy (non-hydrogen) atoms. The van der Waals surface area contributed by atoms with Crippen LogP contribution in [-0.2, 0) is 0 Å². The molecule has 0 saturated carbocycles. The molecule has 0 aromatic rings. The Morgan fingerprint density at radius 2 is 2.30 bits per heavy atom. The van der Waals surface area contributed by atoms with Crippen LogP contribution < -0.4 is 5.32 Å². The highest BCUT2D eigenvalue weighted by Gasteiger charge is 2.17. The van der Waals surface area contributed by atoms with Gasteiger partial charge >= 0.3 is 0 Å². The molecule has 1 heterocycles. The highest BCUT2D eigenvalue weighted by Crippen LogP contribution is 2.16. The van der Waals surface area contributed by atoms with Crippen molar-refractivity contribution in [2.24, 2.45) is 0 Å². The van der Waals surface area contributed by atoms with Crippen LogP contribution in [0.2, 0.25) is 0 Å². The van der Waals surface area contributed by atoms with Crippen LogP contribution in [0.15, 0.2) is 0 Å². The fraction of sp³-hybridized carbons (Fsp3) is 1.00. The number of aliphatic hydroxyl groups excluding tert-OH is 2. The van der Waals surface area contributed by atoms with Gasteiger partial charge in [0.1, 0.15) is 0 Å². The van der Waals surface area contributed by atoms with Crippen LogP contribution in [0.4, 0.5) is 0 Å². The Bertz CT molecular complexity index is 93.0. The second-order valence-electron chi connectivity index (χ2n) is 2.48. The topological polar surface area (TPSA) is 52.5 Å². The molecule has 1 aliphatic rings. The van der Waals surface area contributed by atoms with Crippen molar-refractivity contribution in [2.45, 2.75) is 12.1 Å². The van der Waals surface area contributed by atoms with Crippen LogP contribution in [0, 0.1) is 0 Å². The first-order chi connectivity index (χ1) is 4.83. The highest BCUT2D eigenvalue weighted by atomic mass is 32.2.